The number of likely N-dealkylation sites (tertiary alicyclic amines) is 1. The largest absolute Gasteiger partial charge is 0.503 e. The Bertz CT molecular complexity index is 1390. The molecule has 0 spiro atoms. The van der Waals surface area contributed by atoms with Gasteiger partial charge in [-0.3, -0.25) is 14.3 Å². The number of primary amides is 1. The number of carbonyl (C=O) groups is 2. The van der Waals surface area contributed by atoms with Crippen LogP contribution in [0.5, 0.6) is 0 Å². The number of rotatable bonds is 5. The number of allylic oxidation sites excluding steroid dienone is 1. The quantitative estimate of drug-likeness (QED) is 0.341. The minimum atomic E-state index is -0.646. The van der Waals surface area contributed by atoms with Crippen LogP contribution >= 0.6 is 0 Å². The third-order valence-electron chi connectivity index (χ3n) is 5.56. The molecule has 1 aromatic carbocycles. The van der Waals surface area contributed by atoms with Crippen molar-refractivity contribution in [3.8, 4) is 11.8 Å². The number of anilines is 1. The van der Waals surface area contributed by atoms with E-state index in [0.29, 0.717) is 24.5 Å². The van der Waals surface area contributed by atoms with Crippen LogP contribution in [0.2, 0.25) is 0 Å². The SMILES string of the molecule is C=CC(=O)N1C[C@@H](n2nc(C#Cc3ccc4nn(C)cc4c3)c(C(N)=O)c2NC)C/C1=C\OC. The third kappa shape index (κ3) is 4.11. The lowest BCUT2D eigenvalue weighted by Crippen LogP contribution is -2.27. The van der Waals surface area contributed by atoms with Crippen molar-refractivity contribution in [2.24, 2.45) is 12.8 Å². The molecule has 1 saturated heterocycles. The van der Waals surface area contributed by atoms with Crippen molar-refractivity contribution in [2.75, 3.05) is 26.0 Å². The van der Waals surface area contributed by atoms with Crippen LogP contribution in [0.3, 0.4) is 0 Å². The van der Waals surface area contributed by atoms with Crippen molar-refractivity contribution in [1.29, 1.82) is 0 Å². The number of nitrogens with two attached hydrogens (primary N) is 1. The molecule has 2 amide bonds. The zero-order valence-electron chi connectivity index (χ0n) is 19.2. The highest BCUT2D eigenvalue weighted by molar-refractivity contribution is 6.00. The first-order valence-electron chi connectivity index (χ1n) is 10.6. The van der Waals surface area contributed by atoms with Gasteiger partial charge in [0.1, 0.15) is 17.6 Å². The Morgan fingerprint density at radius 2 is 2.12 bits per heavy atom. The van der Waals surface area contributed by atoms with E-state index in [-0.39, 0.29) is 23.2 Å². The van der Waals surface area contributed by atoms with Crippen LogP contribution in [0.1, 0.15) is 34.1 Å². The van der Waals surface area contributed by atoms with E-state index < -0.39 is 5.91 Å². The zero-order chi connectivity index (χ0) is 24.4. The molecular weight excluding hydrogens is 434 g/mol. The van der Waals surface area contributed by atoms with Crippen LogP contribution in [0, 0.1) is 11.8 Å². The van der Waals surface area contributed by atoms with Gasteiger partial charge >= 0.3 is 0 Å². The minimum Gasteiger partial charge on any atom is -0.503 e. The van der Waals surface area contributed by atoms with Crippen LogP contribution < -0.4 is 11.1 Å². The lowest BCUT2D eigenvalue weighted by Gasteiger charge is -2.16. The van der Waals surface area contributed by atoms with Gasteiger partial charge in [0.25, 0.3) is 5.91 Å². The average Bonchev–Trinajstić information content (AvgIpc) is 3.50. The topological polar surface area (TPSA) is 120 Å². The van der Waals surface area contributed by atoms with E-state index in [1.165, 1.54) is 19.4 Å². The number of aryl methyl sites for hydroxylation is 1. The molecule has 0 aliphatic carbocycles. The molecule has 4 rings (SSSR count). The van der Waals surface area contributed by atoms with Crippen molar-refractivity contribution >= 4 is 28.5 Å². The third-order valence-corrected chi connectivity index (χ3v) is 5.56. The summed E-state index contributed by atoms with van der Waals surface area (Å²) in [6.07, 6.45) is 5.14. The summed E-state index contributed by atoms with van der Waals surface area (Å²) in [5.74, 6) is 5.61. The van der Waals surface area contributed by atoms with Gasteiger partial charge in [-0.25, -0.2) is 4.68 Å². The summed E-state index contributed by atoms with van der Waals surface area (Å²) in [6, 6.07) is 5.42. The highest BCUT2D eigenvalue weighted by Crippen LogP contribution is 2.34. The van der Waals surface area contributed by atoms with E-state index in [4.69, 9.17) is 10.5 Å². The second kappa shape index (κ2) is 9.15. The molecule has 1 aliphatic heterocycles. The molecule has 0 unspecified atom stereocenters. The van der Waals surface area contributed by atoms with Gasteiger partial charge in [0.2, 0.25) is 5.91 Å². The zero-order valence-corrected chi connectivity index (χ0v) is 19.2. The molecule has 10 nitrogen and oxygen atoms in total. The number of nitrogens with zero attached hydrogens (tertiary/aromatic N) is 5. The molecule has 3 aromatic rings. The molecular formula is C24H25N7O3. The number of methoxy groups -OCH3 is 1. The van der Waals surface area contributed by atoms with Crippen LogP contribution in [-0.4, -0.2) is 57.0 Å². The molecule has 10 heteroatoms. The molecule has 0 radical (unpaired) electrons. The maximum absolute atomic E-state index is 12.3. The monoisotopic (exact) mass is 459 g/mol. The lowest BCUT2D eigenvalue weighted by molar-refractivity contribution is -0.123. The number of carbonyl (C=O) groups excluding carboxylic acids is 2. The average molecular weight is 460 g/mol. The van der Waals surface area contributed by atoms with Gasteiger partial charge in [0.05, 0.1) is 24.4 Å². The highest BCUT2D eigenvalue weighted by Gasteiger charge is 2.35. The number of benzene rings is 1. The van der Waals surface area contributed by atoms with Crippen LogP contribution in [0.4, 0.5) is 5.82 Å². The Balaban J connectivity index is 1.74. The van der Waals surface area contributed by atoms with Gasteiger partial charge in [-0.15, -0.1) is 0 Å². The van der Waals surface area contributed by atoms with Crippen molar-refractivity contribution in [3.05, 3.63) is 65.8 Å². The fourth-order valence-electron chi connectivity index (χ4n) is 4.11. The predicted octanol–water partition coefficient (Wildman–Crippen LogP) is 1.76. The summed E-state index contributed by atoms with van der Waals surface area (Å²) >= 11 is 0. The van der Waals surface area contributed by atoms with Crippen LogP contribution in [0.25, 0.3) is 10.9 Å². The predicted molar refractivity (Wildman–Crippen MR) is 128 cm³/mol. The van der Waals surface area contributed by atoms with E-state index in [0.717, 1.165) is 16.5 Å². The lowest BCUT2D eigenvalue weighted by atomic mass is 10.1. The molecule has 3 heterocycles. The first-order chi connectivity index (χ1) is 16.4. The molecule has 1 aliphatic rings. The second-order valence-electron chi connectivity index (χ2n) is 7.81. The Kier molecular flexibility index (Phi) is 6.10. The van der Waals surface area contributed by atoms with Gasteiger partial charge in [0.15, 0.2) is 5.69 Å². The molecule has 1 atom stereocenters. The first kappa shape index (κ1) is 22.7. The van der Waals surface area contributed by atoms with Gasteiger partial charge in [-0.2, -0.15) is 10.2 Å². The van der Waals surface area contributed by atoms with Crippen molar-refractivity contribution in [3.63, 3.8) is 0 Å². The Morgan fingerprint density at radius 3 is 2.79 bits per heavy atom. The number of fused-ring (bicyclic) bond motifs is 1. The van der Waals surface area contributed by atoms with Gasteiger partial charge in [0, 0.05) is 44.2 Å². The van der Waals surface area contributed by atoms with Crippen molar-refractivity contribution in [2.45, 2.75) is 12.5 Å². The number of nitrogens with one attached hydrogen (secondary N) is 1. The summed E-state index contributed by atoms with van der Waals surface area (Å²) in [5, 5.41) is 12.9. The number of amides is 2. The Morgan fingerprint density at radius 1 is 1.32 bits per heavy atom. The standard InChI is InChI=1S/C24H25N7O3/c1-5-21(32)30-13-17(11-18(30)14-34-4)31-24(26-2)22(23(25)33)20(28-31)9-7-15-6-8-19-16(10-15)12-29(3)27-19/h5-6,8,10,12,14,17,26H,1,11,13H2,2-4H3,(H2,25,33)/b18-14+/t17-/m0/s1. The summed E-state index contributed by atoms with van der Waals surface area (Å²) < 4.78 is 8.54. The van der Waals surface area contributed by atoms with Gasteiger partial charge < -0.3 is 20.7 Å². The highest BCUT2D eigenvalue weighted by atomic mass is 16.5. The first-order valence-corrected chi connectivity index (χ1v) is 10.6. The molecule has 0 bridgehead atoms. The fourth-order valence-corrected chi connectivity index (χ4v) is 4.11. The number of ether oxygens (including phenoxy) is 1. The van der Waals surface area contributed by atoms with E-state index in [1.54, 1.807) is 21.3 Å². The van der Waals surface area contributed by atoms with E-state index >= 15 is 0 Å². The second-order valence-corrected chi connectivity index (χ2v) is 7.81. The summed E-state index contributed by atoms with van der Waals surface area (Å²) in [4.78, 5) is 26.2. The van der Waals surface area contributed by atoms with E-state index in [1.807, 2.05) is 31.4 Å². The smallest absolute Gasteiger partial charge is 0.255 e. The van der Waals surface area contributed by atoms with Crippen molar-refractivity contribution in [1.82, 2.24) is 24.5 Å². The van der Waals surface area contributed by atoms with Crippen molar-refractivity contribution < 1.29 is 14.3 Å². The summed E-state index contributed by atoms with van der Waals surface area (Å²) in [7, 11) is 5.06. The minimum absolute atomic E-state index is 0.197. The van der Waals surface area contributed by atoms with E-state index in [2.05, 4.69) is 33.9 Å². The maximum atomic E-state index is 12.3. The summed E-state index contributed by atoms with van der Waals surface area (Å²) in [6.45, 7) is 3.90. The Hall–Kier alpha value is -4.52. The number of aromatic nitrogens is 4. The maximum Gasteiger partial charge on any atom is 0.255 e. The normalized spacial score (nSPS) is 16.4. The molecule has 34 heavy (non-hydrogen) atoms. The van der Waals surface area contributed by atoms with Crippen LogP contribution in [-0.2, 0) is 16.6 Å². The number of hydrogen-bond donors (Lipinski definition) is 2. The Labute approximate surface area is 196 Å². The molecule has 174 valence electrons. The van der Waals surface area contributed by atoms with Gasteiger partial charge in [-0.1, -0.05) is 12.5 Å². The molecule has 1 fully saturated rings. The van der Waals surface area contributed by atoms with Gasteiger partial charge in [-0.05, 0) is 30.2 Å². The summed E-state index contributed by atoms with van der Waals surface area (Å²) in [5.41, 5.74) is 8.47. The number of hydrogen-bond acceptors (Lipinski definition) is 6. The fraction of sp³-hybridized carbons (Fsp3) is 0.250. The van der Waals surface area contributed by atoms with E-state index in [9.17, 15) is 9.59 Å². The molecule has 2 aromatic heterocycles. The van der Waals surface area contributed by atoms with Crippen LogP contribution in [0.15, 0.2) is 49.0 Å². The molecule has 0 saturated carbocycles. The molecule has 3 N–H and O–H groups in total.